The number of rotatable bonds is 4. The van der Waals surface area contributed by atoms with E-state index in [-0.39, 0.29) is 5.91 Å². The Hall–Kier alpha value is -1.29. The maximum absolute atomic E-state index is 12.2. The van der Waals surface area contributed by atoms with Crippen LogP contribution in [0.2, 0.25) is 0 Å². The van der Waals surface area contributed by atoms with E-state index in [9.17, 15) is 4.79 Å². The summed E-state index contributed by atoms with van der Waals surface area (Å²) in [6, 6.07) is 2.38. The normalized spacial score (nSPS) is 15.8. The van der Waals surface area contributed by atoms with E-state index in [0.717, 1.165) is 36.6 Å². The molecule has 2 rings (SSSR count). The van der Waals surface area contributed by atoms with E-state index in [1.54, 1.807) is 0 Å². The van der Waals surface area contributed by atoms with Gasteiger partial charge in [0.25, 0.3) is 5.91 Å². The summed E-state index contributed by atoms with van der Waals surface area (Å²) in [5, 5.41) is 6.24. The molecule has 0 aliphatic carbocycles. The molecule has 1 aliphatic heterocycles. The van der Waals surface area contributed by atoms with Crippen LogP contribution in [-0.4, -0.2) is 30.1 Å². The molecule has 0 aromatic carbocycles. The average Bonchev–Trinajstić information content (AvgIpc) is 2.51. The zero-order chi connectivity index (χ0) is 13.3. The summed E-state index contributed by atoms with van der Waals surface area (Å²) in [6.07, 6.45) is 0. The molecule has 0 radical (unpaired) electrons. The van der Waals surface area contributed by atoms with Gasteiger partial charge in [0.15, 0.2) is 0 Å². The van der Waals surface area contributed by atoms with Crippen LogP contribution < -0.4 is 10.6 Å². The Labute approximate surface area is 109 Å². The Morgan fingerprint density at radius 1 is 1.50 bits per heavy atom. The van der Waals surface area contributed by atoms with Crippen LogP contribution in [0, 0.1) is 19.8 Å². The van der Waals surface area contributed by atoms with Crippen molar-refractivity contribution in [1.29, 1.82) is 0 Å². The number of nitrogens with zero attached hydrogens (tertiary/aromatic N) is 1. The maximum atomic E-state index is 12.2. The number of hydrogen-bond acceptors (Lipinski definition) is 2. The fraction of sp³-hybridized carbons (Fsp3) is 0.643. The number of carbonyl (C=O) groups is 1. The molecule has 0 unspecified atom stereocenters. The standard InChI is InChI=1S/C14H23N3O/c1-9(2)17-10(3)5-13(11(17)4)14(18)16-8-12-6-15-7-12/h5,9,12,15H,6-8H2,1-4H3,(H,16,18). The van der Waals surface area contributed by atoms with E-state index in [1.165, 1.54) is 0 Å². The Bertz CT molecular complexity index is 444. The van der Waals surface area contributed by atoms with Gasteiger partial charge in [0.05, 0.1) is 5.56 Å². The van der Waals surface area contributed by atoms with Crippen molar-refractivity contribution in [3.63, 3.8) is 0 Å². The molecule has 1 aliphatic rings. The van der Waals surface area contributed by atoms with E-state index in [2.05, 4.69) is 36.0 Å². The molecule has 4 heteroatoms. The van der Waals surface area contributed by atoms with Crippen molar-refractivity contribution < 1.29 is 4.79 Å². The van der Waals surface area contributed by atoms with Crippen LogP contribution in [0.5, 0.6) is 0 Å². The monoisotopic (exact) mass is 249 g/mol. The molecular weight excluding hydrogens is 226 g/mol. The van der Waals surface area contributed by atoms with Crippen LogP contribution in [0.25, 0.3) is 0 Å². The number of aromatic nitrogens is 1. The van der Waals surface area contributed by atoms with E-state index in [4.69, 9.17) is 0 Å². The number of amides is 1. The molecular formula is C14H23N3O. The first kappa shape index (κ1) is 13.1. The molecule has 0 saturated carbocycles. The van der Waals surface area contributed by atoms with Gasteiger partial charge in [-0.25, -0.2) is 0 Å². The van der Waals surface area contributed by atoms with Crippen molar-refractivity contribution in [2.75, 3.05) is 19.6 Å². The highest BCUT2D eigenvalue weighted by Gasteiger charge is 2.20. The van der Waals surface area contributed by atoms with Crippen molar-refractivity contribution >= 4 is 5.91 Å². The van der Waals surface area contributed by atoms with Crippen LogP contribution in [0.4, 0.5) is 0 Å². The van der Waals surface area contributed by atoms with Crippen molar-refractivity contribution in [1.82, 2.24) is 15.2 Å². The Kier molecular flexibility index (Phi) is 3.76. The van der Waals surface area contributed by atoms with Gasteiger partial charge in [0.2, 0.25) is 0 Å². The predicted octanol–water partition coefficient (Wildman–Crippen LogP) is 1.64. The van der Waals surface area contributed by atoms with Gasteiger partial charge in [-0.15, -0.1) is 0 Å². The van der Waals surface area contributed by atoms with Crippen LogP contribution >= 0.6 is 0 Å². The Morgan fingerprint density at radius 3 is 2.61 bits per heavy atom. The lowest BCUT2D eigenvalue weighted by molar-refractivity contribution is 0.0941. The highest BCUT2D eigenvalue weighted by atomic mass is 16.1. The summed E-state index contributed by atoms with van der Waals surface area (Å²) in [4.78, 5) is 12.2. The first-order chi connectivity index (χ1) is 8.50. The third-order valence-electron chi connectivity index (χ3n) is 3.66. The minimum atomic E-state index is 0.0573. The van der Waals surface area contributed by atoms with E-state index in [1.807, 2.05) is 13.0 Å². The lowest BCUT2D eigenvalue weighted by atomic mass is 10.0. The topological polar surface area (TPSA) is 46.1 Å². The SMILES string of the molecule is Cc1cc(C(=O)NCC2CNC2)c(C)n1C(C)C. The average molecular weight is 249 g/mol. The maximum Gasteiger partial charge on any atom is 0.253 e. The molecule has 1 aromatic heterocycles. The zero-order valence-corrected chi connectivity index (χ0v) is 11.7. The second kappa shape index (κ2) is 5.14. The molecule has 4 nitrogen and oxygen atoms in total. The largest absolute Gasteiger partial charge is 0.352 e. The molecule has 2 heterocycles. The lowest BCUT2D eigenvalue weighted by Gasteiger charge is -2.27. The van der Waals surface area contributed by atoms with E-state index in [0.29, 0.717) is 12.0 Å². The minimum absolute atomic E-state index is 0.0573. The fourth-order valence-corrected chi connectivity index (χ4v) is 2.63. The molecule has 0 atom stereocenters. The lowest BCUT2D eigenvalue weighted by Crippen LogP contribution is -2.48. The molecule has 100 valence electrons. The second-order valence-corrected chi connectivity index (χ2v) is 5.48. The van der Waals surface area contributed by atoms with Crippen LogP contribution in [0.15, 0.2) is 6.07 Å². The van der Waals surface area contributed by atoms with Crippen molar-refractivity contribution in [3.8, 4) is 0 Å². The third-order valence-corrected chi connectivity index (χ3v) is 3.66. The predicted molar refractivity (Wildman–Crippen MR) is 73.0 cm³/mol. The zero-order valence-electron chi connectivity index (χ0n) is 11.7. The quantitative estimate of drug-likeness (QED) is 0.852. The molecule has 1 amide bonds. The van der Waals surface area contributed by atoms with Gasteiger partial charge < -0.3 is 15.2 Å². The molecule has 1 fully saturated rings. The summed E-state index contributed by atoms with van der Waals surface area (Å²) in [7, 11) is 0. The van der Waals surface area contributed by atoms with Crippen LogP contribution in [0.1, 0.15) is 41.6 Å². The van der Waals surface area contributed by atoms with Crippen LogP contribution in [0.3, 0.4) is 0 Å². The summed E-state index contributed by atoms with van der Waals surface area (Å²) in [6.45, 7) is 11.2. The first-order valence-corrected chi connectivity index (χ1v) is 6.68. The minimum Gasteiger partial charge on any atom is -0.352 e. The Balaban J connectivity index is 2.07. The number of nitrogens with one attached hydrogen (secondary N) is 2. The van der Waals surface area contributed by atoms with E-state index >= 15 is 0 Å². The molecule has 0 spiro atoms. The summed E-state index contributed by atoms with van der Waals surface area (Å²) < 4.78 is 2.21. The molecule has 18 heavy (non-hydrogen) atoms. The highest BCUT2D eigenvalue weighted by molar-refractivity contribution is 5.95. The number of aryl methyl sites for hydroxylation is 1. The number of hydrogen-bond donors (Lipinski definition) is 2. The summed E-state index contributed by atoms with van der Waals surface area (Å²) >= 11 is 0. The first-order valence-electron chi connectivity index (χ1n) is 6.68. The fourth-order valence-electron chi connectivity index (χ4n) is 2.63. The summed E-state index contributed by atoms with van der Waals surface area (Å²) in [5.74, 6) is 0.657. The Morgan fingerprint density at radius 2 is 2.17 bits per heavy atom. The van der Waals surface area contributed by atoms with Crippen LogP contribution in [-0.2, 0) is 0 Å². The van der Waals surface area contributed by atoms with Crippen molar-refractivity contribution in [2.24, 2.45) is 5.92 Å². The van der Waals surface area contributed by atoms with Gasteiger partial charge >= 0.3 is 0 Å². The third kappa shape index (κ3) is 2.43. The van der Waals surface area contributed by atoms with Gasteiger partial charge in [0, 0.05) is 43.0 Å². The molecule has 2 N–H and O–H groups in total. The van der Waals surface area contributed by atoms with Crippen molar-refractivity contribution in [3.05, 3.63) is 23.0 Å². The molecule has 0 bridgehead atoms. The van der Waals surface area contributed by atoms with Gasteiger partial charge in [-0.3, -0.25) is 4.79 Å². The number of carbonyl (C=O) groups excluding carboxylic acids is 1. The molecule has 1 aromatic rings. The van der Waals surface area contributed by atoms with E-state index < -0.39 is 0 Å². The summed E-state index contributed by atoms with van der Waals surface area (Å²) in [5.41, 5.74) is 3.03. The highest BCUT2D eigenvalue weighted by Crippen LogP contribution is 2.20. The van der Waals surface area contributed by atoms with Crippen molar-refractivity contribution in [2.45, 2.75) is 33.7 Å². The van der Waals surface area contributed by atoms with Gasteiger partial charge in [0.1, 0.15) is 0 Å². The second-order valence-electron chi connectivity index (χ2n) is 5.48. The van der Waals surface area contributed by atoms with Gasteiger partial charge in [-0.1, -0.05) is 0 Å². The van der Waals surface area contributed by atoms with Gasteiger partial charge in [-0.2, -0.15) is 0 Å². The molecule has 1 saturated heterocycles. The smallest absolute Gasteiger partial charge is 0.253 e. The van der Waals surface area contributed by atoms with Gasteiger partial charge in [-0.05, 0) is 33.8 Å².